The summed E-state index contributed by atoms with van der Waals surface area (Å²) in [7, 11) is 73.2. The van der Waals surface area contributed by atoms with Crippen molar-refractivity contribution >= 4 is 352 Å². The Labute approximate surface area is 351 Å². The molecular weight excluding hydrogens is 1380 g/mol. The summed E-state index contributed by atoms with van der Waals surface area (Å²) in [4.78, 5) is 0. The van der Waals surface area contributed by atoms with Gasteiger partial charge < -0.3 is 0 Å². The maximum absolute atomic E-state index is 16.1. The van der Waals surface area contributed by atoms with Gasteiger partial charge in [-0.2, -0.15) is 0 Å². The first kappa shape index (κ1) is 63.8. The Balaban J connectivity index is 8.98. The summed E-state index contributed by atoms with van der Waals surface area (Å²) >= 11 is 0. The van der Waals surface area contributed by atoms with Crippen LogP contribution in [0.4, 0.5) is 4.20 Å². The molecule has 25 unspecified atom stereocenters. The van der Waals surface area contributed by atoms with Crippen LogP contribution in [0.2, 0.25) is 0 Å². The lowest BCUT2D eigenvalue weighted by molar-refractivity contribution is 0.936. The standard InChI is InChI=1S/FH45P44/c1-24-36(25(2)3)42(37(26(4)5)27(6)7)45(43(38(28(8)9)29(10)11)39(30(12)13)31(14)15)44(40(32(16)17)33(18)19)41(34(20)21)35(22)23/h24H,2-23H2. The van der Waals surface area contributed by atoms with E-state index in [1.54, 1.807) is 0 Å². The molecule has 0 aromatic rings. The predicted octanol–water partition coefficient (Wildman–Crippen LogP) is 26.3. The highest BCUT2D eigenvalue weighted by Crippen LogP contribution is 3.44. The Kier molecular flexibility index (Phi) is 49.7. The molecule has 0 fully saturated rings. The average Bonchev–Trinajstić information content (AvgIpc) is 2.81. The van der Waals surface area contributed by atoms with Crippen molar-refractivity contribution < 1.29 is 4.20 Å². The van der Waals surface area contributed by atoms with E-state index >= 15 is 4.20 Å². The van der Waals surface area contributed by atoms with E-state index in [2.05, 4.69) is 196 Å². The van der Waals surface area contributed by atoms with Gasteiger partial charge in [-0.3, -0.25) is 0 Å². The number of hydrogen-bond donors (Lipinski definition) is 0. The Morgan fingerprint density at radius 2 is 0.378 bits per heavy atom. The van der Waals surface area contributed by atoms with Crippen molar-refractivity contribution in [3.8, 4) is 0 Å². The smallest absolute Gasteiger partial charge is 0.101 e. The molecule has 0 rings (SSSR count). The molecule has 45 heteroatoms. The van der Waals surface area contributed by atoms with E-state index in [4.69, 9.17) is 0 Å². The SMILES string of the molecule is FPP(P(P)P)P(P(P(P)P)P(P)P)P(P(P(P(P)P)P(P)P)P(P(P)P)P(P)P)P(P(P(P)P)P(P)P)P(P(P)P)P(P)P. The molecule has 0 aromatic heterocycles. The summed E-state index contributed by atoms with van der Waals surface area (Å²) in [6.45, 7) is -6.03. The first-order valence-electron chi connectivity index (χ1n) is 10.1. The second kappa shape index (κ2) is 35.0. The van der Waals surface area contributed by atoms with Gasteiger partial charge in [0.05, 0.1) is 0 Å². The third-order valence-electron chi connectivity index (χ3n) is 3.81. The molecule has 272 valence electrons. The van der Waals surface area contributed by atoms with Crippen LogP contribution in [-0.2, 0) is 0 Å². The van der Waals surface area contributed by atoms with Crippen molar-refractivity contribution in [2.24, 2.45) is 0 Å². The number of hydrogen-bond acceptors (Lipinski definition) is 0. The molecule has 0 saturated carbocycles. The van der Waals surface area contributed by atoms with Crippen LogP contribution in [0.3, 0.4) is 0 Å². The van der Waals surface area contributed by atoms with Gasteiger partial charge in [0.15, 0.2) is 0 Å². The van der Waals surface area contributed by atoms with Crippen LogP contribution in [0, 0.1) is 0 Å². The molecular formula is H45FP44. The minimum Gasteiger partial charge on any atom is -0.225 e. The van der Waals surface area contributed by atoms with E-state index in [0.717, 1.165) is 0 Å². The highest BCUT2D eigenvalue weighted by atomic mass is 33.6. The zero-order chi connectivity index (χ0) is 35.8. The zero-order valence-corrected chi connectivity index (χ0v) is 68.2. The van der Waals surface area contributed by atoms with Gasteiger partial charge in [0.2, 0.25) is 0 Å². The molecule has 0 aromatic carbocycles. The van der Waals surface area contributed by atoms with Crippen LogP contribution in [0.1, 0.15) is 0 Å². The molecule has 0 radical (unpaired) electrons. The molecule has 25 atom stereocenters. The quantitative estimate of drug-likeness (QED) is 0.101. The second-order valence-corrected chi connectivity index (χ2v) is 187. The minimum atomic E-state index is -0.667. The maximum Gasteiger partial charge on any atom is 0.101 e. The van der Waals surface area contributed by atoms with Gasteiger partial charge in [0.1, 0.15) is 8.58 Å². The fourth-order valence-electron chi connectivity index (χ4n) is 2.56. The lowest BCUT2D eigenvalue weighted by Crippen LogP contribution is -1.69. The topological polar surface area (TPSA) is 0 Å². The lowest BCUT2D eigenvalue weighted by atomic mass is 18.9. The molecule has 0 amide bonds. The van der Waals surface area contributed by atoms with Crippen molar-refractivity contribution in [2.45, 2.75) is 0 Å². The molecule has 0 aliphatic heterocycles. The monoisotopic (exact) mass is 1430 g/mol. The van der Waals surface area contributed by atoms with Crippen LogP contribution >= 0.6 is 352 Å². The summed E-state index contributed by atoms with van der Waals surface area (Å²) in [5.41, 5.74) is 0. The van der Waals surface area contributed by atoms with Crippen LogP contribution in [0.15, 0.2) is 0 Å². The first-order valence-corrected chi connectivity index (χ1v) is 89.7. The van der Waals surface area contributed by atoms with Gasteiger partial charge >= 0.3 is 0 Å². The third kappa shape index (κ3) is 22.9. The Hall–Kier alpha value is 18.8. The lowest BCUT2D eigenvalue weighted by Gasteiger charge is -2.57. The van der Waals surface area contributed by atoms with Gasteiger partial charge in [-0.15, -0.1) is 196 Å². The summed E-state index contributed by atoms with van der Waals surface area (Å²) in [6.07, 6.45) is 0. The molecule has 0 aliphatic carbocycles. The van der Waals surface area contributed by atoms with Crippen LogP contribution in [0.5, 0.6) is 0 Å². The molecule has 0 saturated heterocycles. The second-order valence-electron chi connectivity index (χ2n) is 6.97. The van der Waals surface area contributed by atoms with Crippen LogP contribution in [-0.4, -0.2) is 0 Å². The first-order chi connectivity index (χ1) is 20.5. The Morgan fingerprint density at radius 3 is 0.511 bits per heavy atom. The largest absolute Gasteiger partial charge is 0.225 e. The van der Waals surface area contributed by atoms with E-state index in [9.17, 15) is 0 Å². The van der Waals surface area contributed by atoms with Crippen molar-refractivity contribution in [3.05, 3.63) is 0 Å². The van der Waals surface area contributed by atoms with E-state index < -0.39 is 29.5 Å². The van der Waals surface area contributed by atoms with E-state index in [1.165, 1.54) is 0 Å². The summed E-state index contributed by atoms with van der Waals surface area (Å²) in [6, 6.07) is 0. The normalized spacial score (nSPS) is 15.9. The Morgan fingerprint density at radius 1 is 0.222 bits per heavy atom. The van der Waals surface area contributed by atoms with E-state index in [0.29, 0.717) is 0 Å². The average molecular weight is 1430 g/mol. The maximum atomic E-state index is 16.1. The predicted molar refractivity (Wildman–Crippen MR) is 368 cm³/mol. The van der Waals surface area contributed by atoms with Crippen molar-refractivity contribution in [3.63, 3.8) is 0 Å². The summed E-state index contributed by atoms with van der Waals surface area (Å²) in [5, 5.41) is 0. The molecule has 0 heterocycles. The van der Waals surface area contributed by atoms with Gasteiger partial charge in [0.25, 0.3) is 0 Å². The number of halogens is 1. The summed E-state index contributed by atoms with van der Waals surface area (Å²) < 4.78 is 16.1. The van der Waals surface area contributed by atoms with Gasteiger partial charge in [-0.1, -0.05) is 0 Å². The molecule has 45 heavy (non-hydrogen) atoms. The third-order valence-corrected chi connectivity index (χ3v) is 304. The zero-order valence-electron chi connectivity index (χ0n) is 23.0. The molecule has 0 aliphatic rings. The van der Waals surface area contributed by atoms with Gasteiger partial charge in [-0.05, 0) is 126 Å². The van der Waals surface area contributed by atoms with Crippen molar-refractivity contribution in [2.75, 3.05) is 0 Å². The van der Waals surface area contributed by atoms with E-state index in [1.807, 2.05) is 0 Å². The van der Waals surface area contributed by atoms with Gasteiger partial charge in [0, 0.05) is 21.0 Å². The van der Waals surface area contributed by atoms with Crippen LogP contribution in [0.25, 0.3) is 0 Å². The fourth-order valence-corrected chi connectivity index (χ4v) is 609. The van der Waals surface area contributed by atoms with Crippen LogP contribution < -0.4 is 0 Å². The molecule has 0 spiro atoms. The minimum absolute atomic E-state index is 0.197. The van der Waals surface area contributed by atoms with Crippen molar-refractivity contribution in [1.82, 2.24) is 0 Å². The van der Waals surface area contributed by atoms with Gasteiger partial charge in [-0.25, -0.2) is 4.20 Å². The highest BCUT2D eigenvalue weighted by molar-refractivity contribution is 9.50. The Bertz CT molecular complexity index is 629. The molecule has 0 nitrogen and oxygen atoms in total. The molecule has 0 bridgehead atoms. The van der Waals surface area contributed by atoms with Crippen molar-refractivity contribution in [1.29, 1.82) is 0 Å². The highest BCUT2D eigenvalue weighted by Gasteiger charge is 2.57. The summed E-state index contributed by atoms with van der Waals surface area (Å²) in [5.74, 6) is 0. The fraction of sp³-hybridized carbons (Fsp3) is 0. The number of rotatable bonds is 21. The molecule has 0 N–H and O–H groups in total. The van der Waals surface area contributed by atoms with E-state index in [-0.39, 0.29) is 126 Å².